The molecule has 2 nitrogen and oxygen atoms in total. The van der Waals surface area contributed by atoms with Gasteiger partial charge in [0.05, 0.1) is 0 Å². The van der Waals surface area contributed by atoms with Crippen molar-refractivity contribution >= 4 is 22.1 Å². The highest BCUT2D eigenvalue weighted by Crippen LogP contribution is 2.05. The third-order valence-corrected chi connectivity index (χ3v) is 4.03. The van der Waals surface area contributed by atoms with Crippen molar-refractivity contribution in [3.63, 3.8) is 0 Å². The van der Waals surface area contributed by atoms with Crippen molar-refractivity contribution in [1.82, 2.24) is 5.32 Å². The van der Waals surface area contributed by atoms with Gasteiger partial charge in [-0.05, 0) is 35.4 Å². The zero-order valence-electron chi connectivity index (χ0n) is 8.49. The lowest BCUT2D eigenvalue weighted by atomic mass is 10.2. The third kappa shape index (κ3) is 4.88. The lowest BCUT2D eigenvalue weighted by Crippen LogP contribution is -2.23. The molecule has 1 aromatic heterocycles. The molecule has 1 rings (SSSR count). The highest BCUT2D eigenvalue weighted by Gasteiger charge is 1.95. The lowest BCUT2D eigenvalue weighted by molar-refractivity contribution is 0.673. The fourth-order valence-corrected chi connectivity index (χ4v) is 2.49. The molecule has 0 bridgehead atoms. The maximum absolute atomic E-state index is 11.1. The summed E-state index contributed by atoms with van der Waals surface area (Å²) in [5.41, 5.74) is 1.39. The van der Waals surface area contributed by atoms with Crippen molar-refractivity contribution in [3.05, 3.63) is 22.4 Å². The molecule has 0 aliphatic heterocycles. The van der Waals surface area contributed by atoms with Gasteiger partial charge in [-0.1, -0.05) is 6.92 Å². The monoisotopic (exact) mass is 231 g/mol. The van der Waals surface area contributed by atoms with Gasteiger partial charge < -0.3 is 5.32 Å². The van der Waals surface area contributed by atoms with E-state index in [9.17, 15) is 4.21 Å². The summed E-state index contributed by atoms with van der Waals surface area (Å²) >= 11 is 1.74. The zero-order chi connectivity index (χ0) is 10.2. The third-order valence-electron chi connectivity index (χ3n) is 2.00. The Kier molecular flexibility index (Phi) is 6.07. The summed E-state index contributed by atoms with van der Waals surface area (Å²) < 4.78 is 11.1. The van der Waals surface area contributed by atoms with Gasteiger partial charge in [-0.15, -0.1) is 0 Å². The van der Waals surface area contributed by atoms with Crippen molar-refractivity contribution in [2.75, 3.05) is 24.6 Å². The Labute approximate surface area is 92.2 Å². The van der Waals surface area contributed by atoms with Crippen molar-refractivity contribution in [2.24, 2.45) is 0 Å². The minimum absolute atomic E-state index is 0.628. The summed E-state index contributed by atoms with van der Waals surface area (Å²) in [7, 11) is -0.628. The van der Waals surface area contributed by atoms with E-state index < -0.39 is 10.8 Å². The van der Waals surface area contributed by atoms with Gasteiger partial charge in [0.1, 0.15) is 0 Å². The fraction of sp³-hybridized carbons (Fsp3) is 0.600. The second kappa shape index (κ2) is 7.15. The van der Waals surface area contributed by atoms with Crippen LogP contribution in [0.25, 0.3) is 0 Å². The van der Waals surface area contributed by atoms with Gasteiger partial charge in [0.25, 0.3) is 0 Å². The van der Waals surface area contributed by atoms with Crippen LogP contribution in [0, 0.1) is 0 Å². The van der Waals surface area contributed by atoms with Crippen LogP contribution in [0.4, 0.5) is 0 Å². The Hall–Kier alpha value is -0.190. The van der Waals surface area contributed by atoms with Crippen LogP contribution >= 0.6 is 11.3 Å². The van der Waals surface area contributed by atoms with Gasteiger partial charge in [0.15, 0.2) is 0 Å². The second-order valence-corrected chi connectivity index (χ2v) is 5.71. The Morgan fingerprint density at radius 2 is 2.36 bits per heavy atom. The number of rotatable bonds is 7. The van der Waals surface area contributed by atoms with E-state index in [1.807, 2.05) is 6.92 Å². The van der Waals surface area contributed by atoms with Crippen LogP contribution in [-0.4, -0.2) is 28.8 Å². The van der Waals surface area contributed by atoms with Gasteiger partial charge in [0.2, 0.25) is 0 Å². The molecule has 0 amide bonds. The van der Waals surface area contributed by atoms with Crippen LogP contribution in [0.5, 0.6) is 0 Å². The predicted molar refractivity (Wildman–Crippen MR) is 64.4 cm³/mol. The minimum Gasteiger partial charge on any atom is -0.315 e. The maximum Gasteiger partial charge on any atom is 0.0359 e. The Morgan fingerprint density at radius 3 is 3.00 bits per heavy atom. The van der Waals surface area contributed by atoms with Crippen LogP contribution < -0.4 is 5.32 Å². The van der Waals surface area contributed by atoms with Gasteiger partial charge in [-0.2, -0.15) is 11.3 Å². The van der Waals surface area contributed by atoms with Crippen LogP contribution in [0.15, 0.2) is 16.8 Å². The van der Waals surface area contributed by atoms with E-state index in [0.717, 1.165) is 31.0 Å². The highest BCUT2D eigenvalue weighted by atomic mass is 32.2. The van der Waals surface area contributed by atoms with Crippen LogP contribution in [0.2, 0.25) is 0 Å². The molecule has 0 aliphatic carbocycles. The Balaban J connectivity index is 1.97. The van der Waals surface area contributed by atoms with E-state index in [0.29, 0.717) is 0 Å². The number of nitrogens with one attached hydrogen (secondary N) is 1. The molecule has 0 radical (unpaired) electrons. The van der Waals surface area contributed by atoms with Gasteiger partial charge in [-0.3, -0.25) is 4.21 Å². The fourth-order valence-electron chi connectivity index (χ4n) is 1.12. The van der Waals surface area contributed by atoms with Crippen molar-refractivity contribution < 1.29 is 4.21 Å². The number of hydrogen-bond donors (Lipinski definition) is 1. The average Bonchev–Trinajstić information content (AvgIpc) is 2.69. The summed E-state index contributed by atoms with van der Waals surface area (Å²) in [6, 6.07) is 2.15. The predicted octanol–water partition coefficient (Wildman–Crippen LogP) is 1.65. The first-order chi connectivity index (χ1) is 6.83. The smallest absolute Gasteiger partial charge is 0.0359 e. The largest absolute Gasteiger partial charge is 0.315 e. The Bertz CT molecular complexity index is 259. The van der Waals surface area contributed by atoms with Crippen molar-refractivity contribution in [2.45, 2.75) is 13.3 Å². The van der Waals surface area contributed by atoms with Crippen LogP contribution in [-0.2, 0) is 17.2 Å². The van der Waals surface area contributed by atoms with E-state index in [1.165, 1.54) is 5.56 Å². The molecule has 80 valence electrons. The standard InChI is InChI=1S/C10H17NOS2/c1-2-14(12)8-6-11-5-3-10-4-7-13-9-10/h4,7,9,11H,2-3,5-6,8H2,1H3. The SMILES string of the molecule is CCS(=O)CCNCCc1ccsc1. The van der Waals surface area contributed by atoms with E-state index in [2.05, 4.69) is 22.1 Å². The molecule has 4 heteroatoms. The lowest BCUT2D eigenvalue weighted by Gasteiger charge is -2.02. The highest BCUT2D eigenvalue weighted by molar-refractivity contribution is 7.84. The molecule has 0 aliphatic rings. The summed E-state index contributed by atoms with van der Waals surface area (Å²) in [4.78, 5) is 0. The van der Waals surface area contributed by atoms with E-state index >= 15 is 0 Å². The summed E-state index contributed by atoms with van der Waals surface area (Å²) in [6.45, 7) is 3.81. The zero-order valence-corrected chi connectivity index (χ0v) is 10.1. The first-order valence-corrected chi connectivity index (χ1v) is 7.32. The molecule has 1 unspecified atom stereocenters. The molecule has 0 saturated heterocycles. The average molecular weight is 231 g/mol. The van der Waals surface area contributed by atoms with Crippen molar-refractivity contribution in [3.8, 4) is 0 Å². The molecule has 1 N–H and O–H groups in total. The van der Waals surface area contributed by atoms with Crippen LogP contribution in [0.3, 0.4) is 0 Å². The van der Waals surface area contributed by atoms with Gasteiger partial charge in [0, 0.05) is 28.9 Å². The molecule has 0 fully saturated rings. The first kappa shape index (κ1) is 11.9. The summed E-state index contributed by atoms with van der Waals surface area (Å²) in [5, 5.41) is 7.57. The summed E-state index contributed by atoms with van der Waals surface area (Å²) in [5.74, 6) is 1.55. The molecule has 1 aromatic rings. The Morgan fingerprint density at radius 1 is 1.50 bits per heavy atom. The van der Waals surface area contributed by atoms with E-state index in [-0.39, 0.29) is 0 Å². The molecule has 0 aromatic carbocycles. The molecular formula is C10H17NOS2. The summed E-state index contributed by atoms with van der Waals surface area (Å²) in [6.07, 6.45) is 1.07. The maximum atomic E-state index is 11.1. The van der Waals surface area contributed by atoms with Crippen LogP contribution in [0.1, 0.15) is 12.5 Å². The first-order valence-electron chi connectivity index (χ1n) is 4.89. The molecule has 14 heavy (non-hydrogen) atoms. The number of thiophene rings is 1. The molecule has 0 saturated carbocycles. The van der Waals surface area contributed by atoms with E-state index in [4.69, 9.17) is 0 Å². The molecule has 1 atom stereocenters. The topological polar surface area (TPSA) is 29.1 Å². The second-order valence-electron chi connectivity index (χ2n) is 3.06. The quantitative estimate of drug-likeness (QED) is 0.723. The molecule has 1 heterocycles. The molecule has 0 spiro atoms. The number of hydrogen-bond acceptors (Lipinski definition) is 3. The van der Waals surface area contributed by atoms with Gasteiger partial charge in [-0.25, -0.2) is 0 Å². The molecular weight excluding hydrogens is 214 g/mol. The minimum atomic E-state index is -0.628. The van der Waals surface area contributed by atoms with Crippen molar-refractivity contribution in [1.29, 1.82) is 0 Å². The van der Waals surface area contributed by atoms with E-state index in [1.54, 1.807) is 11.3 Å². The normalized spacial score (nSPS) is 12.9. The van der Waals surface area contributed by atoms with Gasteiger partial charge >= 0.3 is 0 Å².